The van der Waals surface area contributed by atoms with Crippen molar-refractivity contribution in [3.63, 3.8) is 0 Å². The molecule has 28 heavy (non-hydrogen) atoms. The van der Waals surface area contributed by atoms with Crippen LogP contribution < -0.4 is 4.74 Å². The van der Waals surface area contributed by atoms with Crippen molar-refractivity contribution >= 4 is 35.5 Å². The van der Waals surface area contributed by atoms with Gasteiger partial charge in [-0.25, -0.2) is 5.01 Å². The van der Waals surface area contributed by atoms with Crippen LogP contribution in [0.5, 0.6) is 11.5 Å². The van der Waals surface area contributed by atoms with E-state index in [-0.39, 0.29) is 11.7 Å². The maximum absolute atomic E-state index is 12.6. The fourth-order valence-corrected chi connectivity index (χ4v) is 4.65. The zero-order valence-electron chi connectivity index (χ0n) is 16.4. The third kappa shape index (κ3) is 4.16. The average Bonchev–Trinajstić information content (AvgIpc) is 3.05. The number of phenols is 1. The number of ether oxygens (including phenoxy) is 1. The summed E-state index contributed by atoms with van der Waals surface area (Å²) in [5, 5.41) is 14.3. The first-order valence-corrected chi connectivity index (χ1v) is 11.1. The SMILES string of the molecule is CCOc1cc(/C=C2\SCN(N(C)C)C2=O)cc(-c2ccccc2SC)c1O. The van der Waals surface area contributed by atoms with E-state index in [0.29, 0.717) is 28.7 Å². The van der Waals surface area contributed by atoms with E-state index in [9.17, 15) is 9.90 Å². The van der Waals surface area contributed by atoms with E-state index < -0.39 is 0 Å². The lowest BCUT2D eigenvalue weighted by Crippen LogP contribution is -2.37. The Bertz CT molecular complexity index is 913. The minimum absolute atomic E-state index is 0.0212. The maximum atomic E-state index is 12.6. The van der Waals surface area contributed by atoms with Crippen molar-refractivity contribution in [2.24, 2.45) is 0 Å². The van der Waals surface area contributed by atoms with Crippen LogP contribution in [0.15, 0.2) is 46.2 Å². The molecule has 0 bridgehead atoms. The Balaban J connectivity index is 2.09. The van der Waals surface area contributed by atoms with Gasteiger partial charge in [0.05, 0.1) is 17.4 Å². The molecular formula is C21H24N2O3S2. The Morgan fingerprint density at radius 2 is 2.04 bits per heavy atom. The molecule has 1 heterocycles. The number of hydrazine groups is 1. The molecule has 2 aromatic carbocycles. The predicted octanol–water partition coefficient (Wildman–Crippen LogP) is 4.53. The summed E-state index contributed by atoms with van der Waals surface area (Å²) in [4.78, 5) is 14.3. The summed E-state index contributed by atoms with van der Waals surface area (Å²) in [7, 11) is 3.71. The fourth-order valence-electron chi connectivity index (χ4n) is 2.98. The van der Waals surface area contributed by atoms with Crippen LogP contribution in [0.4, 0.5) is 0 Å². The molecule has 5 nitrogen and oxygen atoms in total. The van der Waals surface area contributed by atoms with Crippen LogP contribution in [0.3, 0.4) is 0 Å². The smallest absolute Gasteiger partial charge is 0.275 e. The van der Waals surface area contributed by atoms with Gasteiger partial charge in [-0.2, -0.15) is 0 Å². The molecule has 1 N–H and O–H groups in total. The lowest BCUT2D eigenvalue weighted by atomic mass is 10.0. The molecule has 1 amide bonds. The van der Waals surface area contributed by atoms with Crippen LogP contribution in [-0.2, 0) is 4.79 Å². The second-order valence-electron chi connectivity index (χ2n) is 6.38. The quantitative estimate of drug-likeness (QED) is 0.552. The van der Waals surface area contributed by atoms with Gasteiger partial charge >= 0.3 is 0 Å². The second-order valence-corrected chi connectivity index (χ2v) is 8.22. The number of nitrogens with zero attached hydrogens (tertiary/aromatic N) is 2. The maximum Gasteiger partial charge on any atom is 0.275 e. The third-order valence-corrected chi connectivity index (χ3v) is 6.14. The zero-order chi connectivity index (χ0) is 20.3. The van der Waals surface area contributed by atoms with E-state index in [0.717, 1.165) is 16.0 Å². The van der Waals surface area contributed by atoms with Crippen molar-refractivity contribution in [2.75, 3.05) is 32.8 Å². The first-order chi connectivity index (χ1) is 13.5. The van der Waals surface area contributed by atoms with E-state index in [4.69, 9.17) is 4.74 Å². The first kappa shape index (κ1) is 20.6. The highest BCUT2D eigenvalue weighted by Gasteiger charge is 2.28. The summed E-state index contributed by atoms with van der Waals surface area (Å²) in [5.41, 5.74) is 2.46. The molecule has 1 fully saturated rings. The molecule has 0 unspecified atom stereocenters. The minimum atomic E-state index is -0.0212. The van der Waals surface area contributed by atoms with Crippen molar-refractivity contribution < 1.29 is 14.6 Å². The number of hydrogen-bond acceptors (Lipinski definition) is 6. The topological polar surface area (TPSA) is 53.0 Å². The number of carbonyl (C=O) groups is 1. The van der Waals surface area contributed by atoms with Crippen LogP contribution in [0.25, 0.3) is 17.2 Å². The first-order valence-electron chi connectivity index (χ1n) is 8.93. The highest BCUT2D eigenvalue weighted by molar-refractivity contribution is 8.04. The Morgan fingerprint density at radius 1 is 1.29 bits per heavy atom. The molecule has 1 saturated heterocycles. The van der Waals surface area contributed by atoms with E-state index >= 15 is 0 Å². The van der Waals surface area contributed by atoms with E-state index in [1.54, 1.807) is 27.8 Å². The summed E-state index contributed by atoms with van der Waals surface area (Å²) < 4.78 is 5.67. The molecule has 3 rings (SSSR count). The lowest BCUT2D eigenvalue weighted by Gasteiger charge is -2.21. The van der Waals surface area contributed by atoms with Gasteiger partial charge in [0.15, 0.2) is 11.5 Å². The van der Waals surface area contributed by atoms with Gasteiger partial charge in [0.25, 0.3) is 5.91 Å². The van der Waals surface area contributed by atoms with Gasteiger partial charge in [-0.15, -0.1) is 11.8 Å². The van der Waals surface area contributed by atoms with Crippen LogP contribution in [0.1, 0.15) is 12.5 Å². The number of aromatic hydroxyl groups is 1. The van der Waals surface area contributed by atoms with Crippen molar-refractivity contribution in [1.29, 1.82) is 0 Å². The normalized spacial score (nSPS) is 15.7. The van der Waals surface area contributed by atoms with Crippen molar-refractivity contribution in [2.45, 2.75) is 11.8 Å². The van der Waals surface area contributed by atoms with Crippen LogP contribution >= 0.6 is 23.5 Å². The van der Waals surface area contributed by atoms with Gasteiger partial charge < -0.3 is 9.84 Å². The number of benzene rings is 2. The van der Waals surface area contributed by atoms with Gasteiger partial charge in [0, 0.05) is 24.6 Å². The van der Waals surface area contributed by atoms with Gasteiger partial charge in [0.1, 0.15) is 0 Å². The number of hydrogen-bond donors (Lipinski definition) is 1. The van der Waals surface area contributed by atoms with Crippen LogP contribution in [0.2, 0.25) is 0 Å². The zero-order valence-corrected chi connectivity index (χ0v) is 18.1. The fraction of sp³-hybridized carbons (Fsp3) is 0.286. The largest absolute Gasteiger partial charge is 0.504 e. The van der Waals surface area contributed by atoms with Crippen LogP contribution in [0, 0.1) is 0 Å². The highest BCUT2D eigenvalue weighted by Crippen LogP contribution is 2.42. The molecule has 2 aromatic rings. The summed E-state index contributed by atoms with van der Waals surface area (Å²) in [6, 6.07) is 11.6. The molecule has 0 radical (unpaired) electrons. The Kier molecular flexibility index (Phi) is 6.59. The molecule has 7 heteroatoms. The van der Waals surface area contributed by atoms with Gasteiger partial charge in [0.2, 0.25) is 0 Å². The Morgan fingerprint density at radius 3 is 2.68 bits per heavy atom. The molecule has 0 aliphatic carbocycles. The minimum Gasteiger partial charge on any atom is -0.504 e. The van der Waals surface area contributed by atoms with Gasteiger partial charge in [-0.1, -0.05) is 30.0 Å². The summed E-state index contributed by atoms with van der Waals surface area (Å²) in [5.74, 6) is 1.11. The molecule has 1 aliphatic heterocycles. The molecule has 0 aromatic heterocycles. The standard InChI is InChI=1S/C21H24N2O3S2/c1-5-26-17-11-14(12-19-21(25)23(13-28-19)22(2)3)10-16(20(17)24)15-8-6-7-9-18(15)27-4/h6-12,24H,5,13H2,1-4H3/b19-12-. The Labute approximate surface area is 174 Å². The number of amides is 1. The van der Waals surface area contributed by atoms with Crippen molar-refractivity contribution in [3.8, 4) is 22.6 Å². The summed E-state index contributed by atoms with van der Waals surface area (Å²) in [6.07, 6.45) is 3.87. The molecule has 0 spiro atoms. The van der Waals surface area contributed by atoms with Gasteiger partial charge in [-0.05, 0) is 48.6 Å². The molecule has 0 atom stereocenters. The van der Waals surface area contributed by atoms with Crippen LogP contribution in [-0.4, -0.2) is 53.9 Å². The molecule has 1 aliphatic rings. The van der Waals surface area contributed by atoms with E-state index in [1.807, 2.05) is 63.7 Å². The molecule has 148 valence electrons. The lowest BCUT2D eigenvalue weighted by molar-refractivity contribution is -0.136. The highest BCUT2D eigenvalue weighted by atomic mass is 32.2. The second kappa shape index (κ2) is 8.94. The average molecular weight is 417 g/mol. The van der Waals surface area contributed by atoms with Crippen molar-refractivity contribution in [1.82, 2.24) is 10.0 Å². The van der Waals surface area contributed by atoms with Crippen molar-refractivity contribution in [3.05, 3.63) is 46.9 Å². The molecular weight excluding hydrogens is 392 g/mol. The third-order valence-electron chi connectivity index (χ3n) is 4.36. The Hall–Kier alpha value is -2.09. The molecule has 0 saturated carbocycles. The monoisotopic (exact) mass is 416 g/mol. The van der Waals surface area contributed by atoms with E-state index in [2.05, 4.69) is 0 Å². The number of rotatable bonds is 6. The summed E-state index contributed by atoms with van der Waals surface area (Å²) in [6.45, 7) is 2.32. The van der Waals surface area contributed by atoms with Gasteiger partial charge in [-0.3, -0.25) is 9.80 Å². The van der Waals surface area contributed by atoms with E-state index in [1.165, 1.54) is 11.8 Å². The number of phenolic OH excluding ortho intramolecular Hbond substituents is 1. The number of thioether (sulfide) groups is 2. The number of carbonyl (C=O) groups excluding carboxylic acids is 1. The summed E-state index contributed by atoms with van der Waals surface area (Å²) >= 11 is 3.13. The predicted molar refractivity (Wildman–Crippen MR) is 117 cm³/mol.